The number of hydrogen-bond acceptors (Lipinski definition) is 5. The van der Waals surface area contributed by atoms with E-state index in [1.165, 1.54) is 16.4 Å². The first-order valence-corrected chi connectivity index (χ1v) is 12.4. The summed E-state index contributed by atoms with van der Waals surface area (Å²) >= 11 is 0. The molecule has 1 unspecified atom stereocenters. The first-order valence-electron chi connectivity index (χ1n) is 10.9. The number of sulfonamides is 1. The molecule has 4 rings (SSSR count). The summed E-state index contributed by atoms with van der Waals surface area (Å²) in [4.78, 5) is 17.7. The van der Waals surface area contributed by atoms with E-state index in [0.29, 0.717) is 19.4 Å². The molecular weight excluding hydrogens is 431 g/mol. The number of piperidine rings is 1. The number of amides is 1. The lowest BCUT2D eigenvalue weighted by Gasteiger charge is -2.35. The third kappa shape index (κ3) is 4.95. The lowest BCUT2D eigenvalue weighted by molar-refractivity contribution is -0.120. The first-order chi connectivity index (χ1) is 15.3. The summed E-state index contributed by atoms with van der Waals surface area (Å²) in [6.45, 7) is 4.15. The summed E-state index contributed by atoms with van der Waals surface area (Å²) in [5.41, 5.74) is 1.74. The second-order valence-corrected chi connectivity index (χ2v) is 10.4. The van der Waals surface area contributed by atoms with Crippen LogP contribution >= 0.6 is 0 Å². The number of benzene rings is 2. The molecule has 0 bridgehead atoms. The monoisotopic (exact) mass is 460 g/mol. The quantitative estimate of drug-likeness (QED) is 0.743. The SMILES string of the molecule is CN1CCN(c2ccccc2NC(=O)C2CCCN(S(=O)(=O)c3ccc(F)cc3)C2)CC1. The highest BCUT2D eigenvalue weighted by Gasteiger charge is 2.33. The van der Waals surface area contributed by atoms with Crippen LogP contribution in [0.1, 0.15) is 12.8 Å². The lowest BCUT2D eigenvalue weighted by atomic mass is 9.98. The molecule has 0 saturated carbocycles. The van der Waals surface area contributed by atoms with E-state index in [9.17, 15) is 17.6 Å². The minimum Gasteiger partial charge on any atom is -0.367 e. The minimum atomic E-state index is -3.77. The fourth-order valence-electron chi connectivity index (χ4n) is 4.27. The van der Waals surface area contributed by atoms with Crippen LogP contribution in [0.3, 0.4) is 0 Å². The average Bonchev–Trinajstić information content (AvgIpc) is 2.80. The van der Waals surface area contributed by atoms with Crippen LogP contribution in [0.2, 0.25) is 0 Å². The summed E-state index contributed by atoms with van der Waals surface area (Å²) < 4.78 is 40.5. The van der Waals surface area contributed by atoms with Gasteiger partial charge in [0.1, 0.15) is 5.82 Å². The number of para-hydroxylation sites is 2. The Morgan fingerprint density at radius 3 is 2.41 bits per heavy atom. The second-order valence-electron chi connectivity index (χ2n) is 8.45. The van der Waals surface area contributed by atoms with Crippen molar-refractivity contribution in [2.24, 2.45) is 5.92 Å². The van der Waals surface area contributed by atoms with Crippen LogP contribution in [0.25, 0.3) is 0 Å². The van der Waals surface area contributed by atoms with Gasteiger partial charge in [-0.2, -0.15) is 4.31 Å². The minimum absolute atomic E-state index is 0.0420. The molecule has 0 radical (unpaired) electrons. The van der Waals surface area contributed by atoms with Gasteiger partial charge in [0.05, 0.1) is 22.2 Å². The van der Waals surface area contributed by atoms with Gasteiger partial charge in [0.25, 0.3) is 0 Å². The molecule has 0 aliphatic carbocycles. The van der Waals surface area contributed by atoms with Crippen molar-refractivity contribution < 1.29 is 17.6 Å². The van der Waals surface area contributed by atoms with Crippen molar-refractivity contribution >= 4 is 27.3 Å². The molecule has 0 spiro atoms. The Kier molecular flexibility index (Phi) is 6.78. The molecule has 0 aromatic heterocycles. The Bertz CT molecular complexity index is 1050. The predicted molar refractivity (Wildman–Crippen MR) is 123 cm³/mol. The third-order valence-electron chi connectivity index (χ3n) is 6.21. The Morgan fingerprint density at radius 1 is 1.00 bits per heavy atom. The van der Waals surface area contributed by atoms with Gasteiger partial charge in [-0.25, -0.2) is 12.8 Å². The molecule has 2 saturated heterocycles. The number of carbonyl (C=O) groups is 1. The molecule has 2 aromatic carbocycles. The maximum atomic E-state index is 13.2. The number of rotatable bonds is 5. The number of nitrogens with zero attached hydrogens (tertiary/aromatic N) is 3. The fourth-order valence-corrected chi connectivity index (χ4v) is 5.79. The number of anilines is 2. The Hall–Kier alpha value is -2.49. The maximum Gasteiger partial charge on any atom is 0.243 e. The molecule has 9 heteroatoms. The van der Waals surface area contributed by atoms with Gasteiger partial charge in [-0.05, 0) is 56.3 Å². The first kappa shape index (κ1) is 22.7. The number of piperazine rings is 1. The Labute approximate surface area is 188 Å². The van der Waals surface area contributed by atoms with Crippen LogP contribution in [0.5, 0.6) is 0 Å². The van der Waals surface area contributed by atoms with E-state index in [-0.39, 0.29) is 17.3 Å². The van der Waals surface area contributed by atoms with Gasteiger partial charge < -0.3 is 15.1 Å². The summed E-state index contributed by atoms with van der Waals surface area (Å²) in [5.74, 6) is -1.11. The topological polar surface area (TPSA) is 73.0 Å². The molecule has 1 amide bonds. The zero-order valence-electron chi connectivity index (χ0n) is 18.2. The van der Waals surface area contributed by atoms with Gasteiger partial charge >= 0.3 is 0 Å². The van der Waals surface area contributed by atoms with Crippen molar-refractivity contribution in [3.8, 4) is 0 Å². The van der Waals surface area contributed by atoms with Gasteiger partial charge in [0.15, 0.2) is 0 Å². The second kappa shape index (κ2) is 9.56. The van der Waals surface area contributed by atoms with Crippen molar-refractivity contribution in [2.75, 3.05) is 56.5 Å². The summed E-state index contributed by atoms with van der Waals surface area (Å²) in [6.07, 6.45) is 1.22. The highest BCUT2D eigenvalue weighted by atomic mass is 32.2. The summed E-state index contributed by atoms with van der Waals surface area (Å²) in [6, 6.07) is 12.5. The highest BCUT2D eigenvalue weighted by molar-refractivity contribution is 7.89. The van der Waals surface area contributed by atoms with Gasteiger partial charge in [-0.1, -0.05) is 12.1 Å². The van der Waals surface area contributed by atoms with Gasteiger partial charge in [0.2, 0.25) is 15.9 Å². The highest BCUT2D eigenvalue weighted by Crippen LogP contribution is 2.29. The van der Waals surface area contributed by atoms with Crippen molar-refractivity contribution in [2.45, 2.75) is 17.7 Å². The van der Waals surface area contributed by atoms with E-state index < -0.39 is 21.8 Å². The number of halogens is 1. The van der Waals surface area contributed by atoms with Gasteiger partial charge in [-0.3, -0.25) is 4.79 Å². The van der Waals surface area contributed by atoms with Crippen LogP contribution in [-0.4, -0.2) is 69.8 Å². The van der Waals surface area contributed by atoms with Crippen LogP contribution < -0.4 is 10.2 Å². The normalized spacial score (nSPS) is 20.8. The molecule has 1 atom stereocenters. The van der Waals surface area contributed by atoms with Crippen molar-refractivity contribution in [1.29, 1.82) is 0 Å². The van der Waals surface area contributed by atoms with Gasteiger partial charge in [0, 0.05) is 39.3 Å². The van der Waals surface area contributed by atoms with Crippen LogP contribution in [0, 0.1) is 11.7 Å². The molecule has 172 valence electrons. The van der Waals surface area contributed by atoms with E-state index >= 15 is 0 Å². The molecule has 2 aliphatic rings. The lowest BCUT2D eigenvalue weighted by Crippen LogP contribution is -2.45. The van der Waals surface area contributed by atoms with Crippen LogP contribution in [0.15, 0.2) is 53.4 Å². The average molecular weight is 461 g/mol. The number of likely N-dealkylation sites (N-methyl/N-ethyl adjacent to an activating group) is 1. The summed E-state index contributed by atoms with van der Waals surface area (Å²) in [7, 11) is -1.68. The predicted octanol–water partition coefficient (Wildman–Crippen LogP) is 2.62. The summed E-state index contributed by atoms with van der Waals surface area (Å²) in [5, 5.41) is 3.04. The van der Waals surface area contributed by atoms with Crippen LogP contribution in [0.4, 0.5) is 15.8 Å². The number of hydrogen-bond donors (Lipinski definition) is 1. The molecule has 1 N–H and O–H groups in total. The molecule has 2 aliphatic heterocycles. The molecule has 7 nitrogen and oxygen atoms in total. The van der Waals surface area contributed by atoms with E-state index in [1.54, 1.807) is 0 Å². The number of carbonyl (C=O) groups excluding carboxylic acids is 1. The van der Waals surface area contributed by atoms with E-state index in [2.05, 4.69) is 22.2 Å². The Morgan fingerprint density at radius 2 is 1.69 bits per heavy atom. The van der Waals surface area contributed by atoms with Crippen molar-refractivity contribution in [3.05, 3.63) is 54.3 Å². The zero-order valence-corrected chi connectivity index (χ0v) is 19.0. The standard InChI is InChI=1S/C23H29FN4O3S/c1-26-13-15-27(16-14-26)22-7-3-2-6-21(22)25-23(29)18-5-4-12-28(17-18)32(30,31)20-10-8-19(24)9-11-20/h2-3,6-11,18H,4-5,12-17H2,1H3,(H,25,29). The van der Waals surface area contributed by atoms with Gasteiger partial charge in [-0.15, -0.1) is 0 Å². The smallest absolute Gasteiger partial charge is 0.243 e. The molecule has 2 aromatic rings. The molecular formula is C23H29FN4O3S. The van der Waals surface area contributed by atoms with E-state index in [1.807, 2.05) is 24.3 Å². The maximum absolute atomic E-state index is 13.2. The Balaban J connectivity index is 1.46. The largest absolute Gasteiger partial charge is 0.367 e. The van der Waals surface area contributed by atoms with E-state index in [4.69, 9.17) is 0 Å². The fraction of sp³-hybridized carbons (Fsp3) is 0.435. The third-order valence-corrected chi connectivity index (χ3v) is 8.09. The molecule has 2 heterocycles. The zero-order chi connectivity index (χ0) is 22.7. The molecule has 32 heavy (non-hydrogen) atoms. The van der Waals surface area contributed by atoms with E-state index in [0.717, 1.165) is 49.7 Å². The number of nitrogens with one attached hydrogen (secondary N) is 1. The van der Waals surface area contributed by atoms with Crippen molar-refractivity contribution in [3.63, 3.8) is 0 Å². The van der Waals surface area contributed by atoms with Crippen molar-refractivity contribution in [1.82, 2.24) is 9.21 Å². The van der Waals surface area contributed by atoms with Crippen LogP contribution in [-0.2, 0) is 14.8 Å². The molecule has 2 fully saturated rings.